The number of aromatic nitrogens is 3. The number of anilines is 1. The minimum absolute atomic E-state index is 0.0574. The van der Waals surface area contributed by atoms with Gasteiger partial charge in [-0.3, -0.25) is 4.79 Å². The molecule has 3 aromatic rings. The standard InChI is InChI=1S/C20H23ClN6O2/c1-12(2)23-19(28)14-5-7-18-17(10-14)25-26-27(18)9-8-22-20(29)24-15-6-4-13(3)16(21)11-15/h4-7,10-12H,8-9H2,1-3H3,(H,23,28)(H2,22,24,29). The van der Waals surface area contributed by atoms with Crippen molar-refractivity contribution in [2.75, 3.05) is 11.9 Å². The predicted molar refractivity (Wildman–Crippen MR) is 113 cm³/mol. The Kier molecular flexibility index (Phi) is 6.33. The predicted octanol–water partition coefficient (Wildman–Crippen LogP) is 3.35. The molecule has 0 spiro atoms. The van der Waals surface area contributed by atoms with Gasteiger partial charge in [0.15, 0.2) is 0 Å². The van der Waals surface area contributed by atoms with Crippen molar-refractivity contribution in [2.45, 2.75) is 33.4 Å². The molecule has 1 aromatic heterocycles. The SMILES string of the molecule is Cc1ccc(NC(=O)NCCn2nnc3cc(C(=O)NC(C)C)ccc32)cc1Cl. The molecule has 0 saturated heterocycles. The third-order valence-electron chi connectivity index (χ3n) is 4.23. The molecule has 0 aliphatic heterocycles. The molecule has 3 rings (SSSR count). The number of fused-ring (bicyclic) bond motifs is 1. The van der Waals surface area contributed by atoms with Gasteiger partial charge in [0.1, 0.15) is 5.52 Å². The third-order valence-corrected chi connectivity index (χ3v) is 4.64. The van der Waals surface area contributed by atoms with E-state index in [9.17, 15) is 9.59 Å². The third kappa shape index (κ3) is 5.23. The molecular formula is C20H23ClN6O2. The summed E-state index contributed by atoms with van der Waals surface area (Å²) in [5, 5.41) is 17.2. The maximum Gasteiger partial charge on any atom is 0.319 e. The Labute approximate surface area is 173 Å². The van der Waals surface area contributed by atoms with Gasteiger partial charge < -0.3 is 16.0 Å². The normalized spacial score (nSPS) is 10.9. The van der Waals surface area contributed by atoms with Crippen LogP contribution in [0.1, 0.15) is 29.8 Å². The van der Waals surface area contributed by atoms with Gasteiger partial charge in [-0.05, 0) is 56.7 Å². The maximum absolute atomic E-state index is 12.1. The number of urea groups is 1. The summed E-state index contributed by atoms with van der Waals surface area (Å²) in [6, 6.07) is 10.3. The van der Waals surface area contributed by atoms with Crippen molar-refractivity contribution in [3.8, 4) is 0 Å². The van der Waals surface area contributed by atoms with Crippen LogP contribution in [0.3, 0.4) is 0 Å². The zero-order valence-electron chi connectivity index (χ0n) is 16.5. The number of amides is 3. The van der Waals surface area contributed by atoms with E-state index in [1.54, 1.807) is 35.0 Å². The van der Waals surface area contributed by atoms with Gasteiger partial charge in [-0.25, -0.2) is 9.48 Å². The van der Waals surface area contributed by atoms with E-state index in [4.69, 9.17) is 11.6 Å². The Hall–Kier alpha value is -3.13. The zero-order valence-corrected chi connectivity index (χ0v) is 17.2. The number of hydrogen-bond acceptors (Lipinski definition) is 4. The molecule has 0 aliphatic rings. The van der Waals surface area contributed by atoms with E-state index in [2.05, 4.69) is 26.3 Å². The van der Waals surface area contributed by atoms with Crippen LogP contribution in [0.4, 0.5) is 10.5 Å². The summed E-state index contributed by atoms with van der Waals surface area (Å²) >= 11 is 6.06. The minimum atomic E-state index is -0.331. The molecule has 0 saturated carbocycles. The smallest absolute Gasteiger partial charge is 0.319 e. The number of carbonyl (C=O) groups excluding carboxylic acids is 2. The molecule has 8 nitrogen and oxygen atoms in total. The van der Waals surface area contributed by atoms with Crippen molar-refractivity contribution in [1.29, 1.82) is 0 Å². The van der Waals surface area contributed by atoms with Crippen LogP contribution in [0, 0.1) is 6.92 Å². The second-order valence-corrected chi connectivity index (χ2v) is 7.40. The quantitative estimate of drug-likeness (QED) is 0.575. The summed E-state index contributed by atoms with van der Waals surface area (Å²) in [7, 11) is 0. The first-order valence-corrected chi connectivity index (χ1v) is 9.66. The van der Waals surface area contributed by atoms with Gasteiger partial charge in [0.05, 0.1) is 12.1 Å². The topological polar surface area (TPSA) is 101 Å². The Morgan fingerprint density at radius 1 is 1.17 bits per heavy atom. The molecule has 0 radical (unpaired) electrons. The van der Waals surface area contributed by atoms with Crippen LogP contribution in [-0.2, 0) is 6.54 Å². The summed E-state index contributed by atoms with van der Waals surface area (Å²) in [6.45, 7) is 6.51. The van der Waals surface area contributed by atoms with Crippen LogP contribution >= 0.6 is 11.6 Å². The second-order valence-electron chi connectivity index (χ2n) is 6.99. The van der Waals surface area contributed by atoms with Crippen molar-refractivity contribution in [3.63, 3.8) is 0 Å². The van der Waals surface area contributed by atoms with E-state index >= 15 is 0 Å². The van der Waals surface area contributed by atoms with E-state index < -0.39 is 0 Å². The molecular weight excluding hydrogens is 392 g/mol. The minimum Gasteiger partial charge on any atom is -0.350 e. The lowest BCUT2D eigenvalue weighted by atomic mass is 10.2. The van der Waals surface area contributed by atoms with Crippen LogP contribution in [0.5, 0.6) is 0 Å². The summed E-state index contributed by atoms with van der Waals surface area (Å²) < 4.78 is 1.68. The molecule has 0 atom stereocenters. The number of nitrogens with one attached hydrogen (secondary N) is 3. The number of carbonyl (C=O) groups is 2. The van der Waals surface area contributed by atoms with Crippen molar-refractivity contribution in [3.05, 3.63) is 52.5 Å². The van der Waals surface area contributed by atoms with Gasteiger partial charge in [0.2, 0.25) is 0 Å². The molecule has 3 N–H and O–H groups in total. The average molecular weight is 415 g/mol. The van der Waals surface area contributed by atoms with Crippen molar-refractivity contribution in [2.24, 2.45) is 0 Å². The summed E-state index contributed by atoms with van der Waals surface area (Å²) in [5.41, 5.74) is 3.52. The van der Waals surface area contributed by atoms with E-state index in [0.29, 0.717) is 34.9 Å². The molecule has 152 valence electrons. The Morgan fingerprint density at radius 3 is 2.69 bits per heavy atom. The first-order valence-electron chi connectivity index (χ1n) is 9.28. The molecule has 3 amide bonds. The highest BCUT2D eigenvalue weighted by Crippen LogP contribution is 2.19. The van der Waals surface area contributed by atoms with E-state index in [-0.39, 0.29) is 18.0 Å². The van der Waals surface area contributed by atoms with E-state index in [1.165, 1.54) is 0 Å². The van der Waals surface area contributed by atoms with Crippen LogP contribution < -0.4 is 16.0 Å². The number of rotatable bonds is 6. The molecule has 0 fully saturated rings. The molecule has 0 aliphatic carbocycles. The summed E-state index contributed by atoms with van der Waals surface area (Å²) in [5.74, 6) is -0.147. The number of aryl methyl sites for hydroxylation is 1. The average Bonchev–Trinajstić information content (AvgIpc) is 3.06. The molecule has 9 heteroatoms. The number of hydrogen-bond donors (Lipinski definition) is 3. The number of halogens is 1. The van der Waals surface area contributed by atoms with Crippen LogP contribution in [0.15, 0.2) is 36.4 Å². The van der Waals surface area contributed by atoms with Crippen LogP contribution in [-0.4, -0.2) is 39.5 Å². The van der Waals surface area contributed by atoms with Gasteiger partial charge in [-0.1, -0.05) is 22.9 Å². The summed E-state index contributed by atoms with van der Waals surface area (Å²) in [6.07, 6.45) is 0. The van der Waals surface area contributed by atoms with Gasteiger partial charge in [0.25, 0.3) is 5.91 Å². The summed E-state index contributed by atoms with van der Waals surface area (Å²) in [4.78, 5) is 24.2. The lowest BCUT2D eigenvalue weighted by Gasteiger charge is -2.09. The molecule has 0 unspecified atom stereocenters. The second kappa shape index (κ2) is 8.91. The maximum atomic E-state index is 12.1. The highest BCUT2D eigenvalue weighted by Gasteiger charge is 2.11. The lowest BCUT2D eigenvalue weighted by Crippen LogP contribution is -2.31. The van der Waals surface area contributed by atoms with Crippen molar-refractivity contribution >= 4 is 40.3 Å². The van der Waals surface area contributed by atoms with Gasteiger partial charge in [-0.15, -0.1) is 5.10 Å². The fourth-order valence-electron chi connectivity index (χ4n) is 2.75. The Balaban J connectivity index is 1.57. The fraction of sp³-hybridized carbons (Fsp3) is 0.300. The molecule has 0 bridgehead atoms. The first kappa shape index (κ1) is 20.6. The Morgan fingerprint density at radius 2 is 1.97 bits per heavy atom. The Bertz CT molecular complexity index is 1050. The molecule has 29 heavy (non-hydrogen) atoms. The van der Waals surface area contributed by atoms with Gasteiger partial charge in [0, 0.05) is 28.9 Å². The first-order chi connectivity index (χ1) is 13.8. The number of nitrogens with zero attached hydrogens (tertiary/aromatic N) is 3. The van der Waals surface area contributed by atoms with Crippen LogP contribution in [0.25, 0.3) is 11.0 Å². The monoisotopic (exact) mass is 414 g/mol. The zero-order chi connectivity index (χ0) is 21.0. The van der Waals surface area contributed by atoms with Crippen molar-refractivity contribution < 1.29 is 9.59 Å². The van der Waals surface area contributed by atoms with E-state index in [0.717, 1.165) is 11.1 Å². The van der Waals surface area contributed by atoms with Gasteiger partial charge in [-0.2, -0.15) is 0 Å². The molecule has 2 aromatic carbocycles. The lowest BCUT2D eigenvalue weighted by molar-refractivity contribution is 0.0943. The fourth-order valence-corrected chi connectivity index (χ4v) is 2.93. The van der Waals surface area contributed by atoms with Crippen LogP contribution in [0.2, 0.25) is 5.02 Å². The largest absolute Gasteiger partial charge is 0.350 e. The van der Waals surface area contributed by atoms with Gasteiger partial charge >= 0.3 is 6.03 Å². The highest BCUT2D eigenvalue weighted by atomic mass is 35.5. The number of benzene rings is 2. The van der Waals surface area contributed by atoms with Crippen molar-refractivity contribution in [1.82, 2.24) is 25.6 Å². The highest BCUT2D eigenvalue weighted by molar-refractivity contribution is 6.31. The molecule has 1 heterocycles. The van der Waals surface area contributed by atoms with E-state index in [1.807, 2.05) is 26.8 Å².